The van der Waals surface area contributed by atoms with Gasteiger partial charge < -0.3 is 24.8 Å². The smallest absolute Gasteiger partial charge is 0.408 e. The lowest BCUT2D eigenvalue weighted by molar-refractivity contribution is 0.0487. The summed E-state index contributed by atoms with van der Waals surface area (Å²) in [5.74, 6) is 0.528. The van der Waals surface area contributed by atoms with E-state index in [9.17, 15) is 9.59 Å². The number of alkyl carbamates (subject to hydrolysis) is 1. The van der Waals surface area contributed by atoms with Crippen LogP contribution in [0.3, 0.4) is 0 Å². The summed E-state index contributed by atoms with van der Waals surface area (Å²) < 4.78 is 16.8. The molecular weight excluding hydrogens is 539 g/mol. The maximum Gasteiger partial charge on any atom is 0.408 e. The first-order chi connectivity index (χ1) is 18.4. The van der Waals surface area contributed by atoms with Gasteiger partial charge in [-0.3, -0.25) is 4.79 Å². The summed E-state index contributed by atoms with van der Waals surface area (Å²) in [5.41, 5.74) is 1.01. The Labute approximate surface area is 239 Å². The van der Waals surface area contributed by atoms with Crippen molar-refractivity contribution in [2.45, 2.75) is 58.4 Å². The normalized spacial score (nSPS) is 12.8. The third kappa shape index (κ3) is 8.80. The van der Waals surface area contributed by atoms with Gasteiger partial charge in [0.2, 0.25) is 0 Å². The minimum absolute atomic E-state index is 0.175. The van der Waals surface area contributed by atoms with Crippen molar-refractivity contribution in [3.63, 3.8) is 0 Å². The van der Waals surface area contributed by atoms with Gasteiger partial charge in [0.25, 0.3) is 5.91 Å². The number of rotatable bonds is 9. The van der Waals surface area contributed by atoms with Crippen molar-refractivity contribution in [2.24, 2.45) is 0 Å². The highest BCUT2D eigenvalue weighted by molar-refractivity contribution is 6.30. The van der Waals surface area contributed by atoms with E-state index in [-0.39, 0.29) is 6.10 Å². The van der Waals surface area contributed by atoms with Crippen molar-refractivity contribution in [2.75, 3.05) is 7.11 Å². The summed E-state index contributed by atoms with van der Waals surface area (Å²) in [6.45, 7) is 9.09. The van der Waals surface area contributed by atoms with Crippen LogP contribution in [0.4, 0.5) is 4.79 Å². The second-order valence-corrected chi connectivity index (χ2v) is 11.1. The molecule has 0 spiro atoms. The third-order valence-electron chi connectivity index (χ3n) is 5.55. The summed E-state index contributed by atoms with van der Waals surface area (Å²) in [6, 6.07) is 17.6. The molecule has 3 aromatic carbocycles. The Morgan fingerprint density at radius 2 is 1.31 bits per heavy atom. The van der Waals surface area contributed by atoms with Crippen LogP contribution in [0, 0.1) is 0 Å². The fraction of sp³-hybridized carbons (Fsp3) is 0.333. The average molecular weight is 574 g/mol. The molecule has 2 N–H and O–H groups in total. The lowest BCUT2D eigenvalue weighted by atomic mass is 9.93. The summed E-state index contributed by atoms with van der Waals surface area (Å²) in [6.07, 6.45) is -0.810. The van der Waals surface area contributed by atoms with E-state index in [2.05, 4.69) is 10.6 Å². The first-order valence-corrected chi connectivity index (χ1v) is 13.3. The van der Waals surface area contributed by atoms with Crippen molar-refractivity contribution in [1.29, 1.82) is 0 Å². The average Bonchev–Trinajstić information content (AvgIpc) is 2.85. The maximum atomic E-state index is 13.8. The molecule has 0 aliphatic heterocycles. The fourth-order valence-corrected chi connectivity index (χ4v) is 4.13. The van der Waals surface area contributed by atoms with Gasteiger partial charge in [-0.1, -0.05) is 47.5 Å². The molecule has 0 aliphatic carbocycles. The van der Waals surface area contributed by atoms with Crippen LogP contribution in [0.1, 0.15) is 68.2 Å². The first-order valence-electron chi connectivity index (χ1n) is 12.5. The Bertz CT molecular complexity index is 1270. The van der Waals surface area contributed by atoms with Crippen molar-refractivity contribution in [3.05, 3.63) is 93.5 Å². The highest BCUT2D eigenvalue weighted by Crippen LogP contribution is 2.33. The van der Waals surface area contributed by atoms with Gasteiger partial charge in [-0.2, -0.15) is 0 Å². The van der Waals surface area contributed by atoms with E-state index in [0.717, 1.165) is 0 Å². The van der Waals surface area contributed by atoms with Crippen LogP contribution in [0.2, 0.25) is 10.0 Å². The molecule has 0 unspecified atom stereocenters. The largest absolute Gasteiger partial charge is 0.497 e. The van der Waals surface area contributed by atoms with Gasteiger partial charge in [0, 0.05) is 16.1 Å². The van der Waals surface area contributed by atoms with Crippen molar-refractivity contribution in [1.82, 2.24) is 10.6 Å². The number of amides is 2. The van der Waals surface area contributed by atoms with Crippen molar-refractivity contribution in [3.8, 4) is 11.5 Å². The van der Waals surface area contributed by atoms with Gasteiger partial charge in [-0.15, -0.1) is 0 Å². The van der Waals surface area contributed by atoms with Gasteiger partial charge in [-0.25, -0.2) is 4.79 Å². The highest BCUT2D eigenvalue weighted by Gasteiger charge is 2.31. The molecule has 0 fully saturated rings. The summed E-state index contributed by atoms with van der Waals surface area (Å²) in [5, 5.41) is 7.11. The Morgan fingerprint density at radius 3 is 1.77 bits per heavy atom. The molecule has 2 amide bonds. The predicted molar refractivity (Wildman–Crippen MR) is 154 cm³/mol. The molecular formula is C30H34Cl2N2O5. The SMILES string of the molecule is COc1ccc(C(=O)N[C@@H](c2ccc(Cl)cc2)[C@H](NC(=O)OC(C)(C)C)c2ccc(Cl)cc2)c(OC(C)C)c1. The molecule has 7 nitrogen and oxygen atoms in total. The zero-order chi connectivity index (χ0) is 28.7. The minimum Gasteiger partial charge on any atom is -0.497 e. The third-order valence-corrected chi connectivity index (χ3v) is 6.05. The summed E-state index contributed by atoms with van der Waals surface area (Å²) in [7, 11) is 1.55. The second-order valence-electron chi connectivity index (χ2n) is 10.2. The molecule has 0 saturated heterocycles. The van der Waals surface area contributed by atoms with Crippen LogP contribution in [-0.4, -0.2) is 30.8 Å². The number of hydrogen-bond donors (Lipinski definition) is 2. The van der Waals surface area contributed by atoms with Crippen LogP contribution in [-0.2, 0) is 4.74 Å². The Kier molecular flexibility index (Phi) is 10.1. The Balaban J connectivity index is 2.08. The van der Waals surface area contributed by atoms with Gasteiger partial charge in [0.1, 0.15) is 17.1 Å². The lowest BCUT2D eigenvalue weighted by Gasteiger charge is -2.31. The fourth-order valence-electron chi connectivity index (χ4n) is 3.88. The van der Waals surface area contributed by atoms with Crippen molar-refractivity contribution < 1.29 is 23.8 Å². The van der Waals surface area contributed by atoms with E-state index in [1.165, 1.54) is 0 Å². The summed E-state index contributed by atoms with van der Waals surface area (Å²) >= 11 is 12.3. The Hall–Kier alpha value is -3.42. The van der Waals surface area contributed by atoms with Crippen LogP contribution >= 0.6 is 23.2 Å². The molecule has 0 bridgehead atoms. The number of ether oxygens (including phenoxy) is 3. The standard InChI is InChI=1S/C30H34Cl2N2O5/c1-18(2)38-25-17-23(37-6)15-16-24(25)28(35)33-26(19-7-11-21(31)12-8-19)27(20-9-13-22(32)14-10-20)34-29(36)39-30(3,4)5/h7-18,26-27H,1-6H3,(H,33,35)(H,34,36)/t26-,27+/m0/s1. The van der Waals surface area contributed by atoms with E-state index in [0.29, 0.717) is 38.2 Å². The van der Waals surface area contributed by atoms with Gasteiger partial charge >= 0.3 is 6.09 Å². The molecule has 0 aliphatic rings. The number of carbonyl (C=O) groups is 2. The molecule has 3 aromatic rings. The van der Waals surface area contributed by atoms with E-state index >= 15 is 0 Å². The van der Waals surface area contributed by atoms with Crippen LogP contribution in [0.25, 0.3) is 0 Å². The van der Waals surface area contributed by atoms with Crippen molar-refractivity contribution >= 4 is 35.2 Å². The molecule has 0 radical (unpaired) electrons. The van der Waals surface area contributed by atoms with E-state index in [1.54, 1.807) is 94.6 Å². The molecule has 0 aromatic heterocycles. The minimum atomic E-state index is -0.727. The molecule has 39 heavy (non-hydrogen) atoms. The zero-order valence-electron chi connectivity index (χ0n) is 22.9. The topological polar surface area (TPSA) is 85.9 Å². The van der Waals surface area contributed by atoms with E-state index < -0.39 is 29.7 Å². The molecule has 2 atom stereocenters. The van der Waals surface area contributed by atoms with Crippen LogP contribution in [0.15, 0.2) is 66.7 Å². The maximum absolute atomic E-state index is 13.8. The lowest BCUT2D eigenvalue weighted by Crippen LogP contribution is -2.42. The number of hydrogen-bond acceptors (Lipinski definition) is 5. The molecule has 0 heterocycles. The van der Waals surface area contributed by atoms with Gasteiger partial charge in [-0.05, 0) is 82.1 Å². The monoisotopic (exact) mass is 572 g/mol. The molecule has 3 rings (SSSR count). The van der Waals surface area contributed by atoms with Crippen LogP contribution in [0.5, 0.6) is 11.5 Å². The first kappa shape index (κ1) is 30.1. The number of carbonyl (C=O) groups excluding carboxylic acids is 2. The Morgan fingerprint density at radius 1 is 0.795 bits per heavy atom. The second kappa shape index (κ2) is 13.1. The highest BCUT2D eigenvalue weighted by atomic mass is 35.5. The van der Waals surface area contributed by atoms with E-state index in [1.807, 2.05) is 13.8 Å². The molecule has 208 valence electrons. The van der Waals surface area contributed by atoms with Gasteiger partial charge in [0.15, 0.2) is 0 Å². The molecule has 9 heteroatoms. The molecule has 0 saturated carbocycles. The van der Waals surface area contributed by atoms with Crippen LogP contribution < -0.4 is 20.1 Å². The predicted octanol–water partition coefficient (Wildman–Crippen LogP) is 7.53. The zero-order valence-corrected chi connectivity index (χ0v) is 24.4. The number of methoxy groups -OCH3 is 1. The number of benzene rings is 3. The summed E-state index contributed by atoms with van der Waals surface area (Å²) in [4.78, 5) is 26.8. The van der Waals surface area contributed by atoms with Gasteiger partial charge in [0.05, 0.1) is 30.9 Å². The quantitative estimate of drug-likeness (QED) is 0.277. The number of nitrogens with one attached hydrogen (secondary N) is 2. The number of halogens is 2. The van der Waals surface area contributed by atoms with E-state index in [4.69, 9.17) is 37.4 Å².